The van der Waals surface area contributed by atoms with Crippen LogP contribution in [0, 0.1) is 0 Å². The Labute approximate surface area is 88.0 Å². The second-order valence-electron chi connectivity index (χ2n) is 3.05. The largest absolute Gasteiger partial charge is 0.462 e. The van der Waals surface area contributed by atoms with Gasteiger partial charge in [-0.25, -0.2) is 4.79 Å². The van der Waals surface area contributed by atoms with Gasteiger partial charge in [0.2, 0.25) is 0 Å². The SMILES string of the molecule is CCOC(=O)c1cnn(C)c1CCC=O. The van der Waals surface area contributed by atoms with Crippen LogP contribution in [0.2, 0.25) is 0 Å². The van der Waals surface area contributed by atoms with Crippen molar-refractivity contribution in [2.24, 2.45) is 7.05 Å². The lowest BCUT2D eigenvalue weighted by molar-refractivity contribution is -0.107. The van der Waals surface area contributed by atoms with Gasteiger partial charge in [-0.1, -0.05) is 0 Å². The molecule has 0 aromatic carbocycles. The third kappa shape index (κ3) is 2.65. The highest BCUT2D eigenvalue weighted by molar-refractivity contribution is 5.90. The zero-order chi connectivity index (χ0) is 11.3. The van der Waals surface area contributed by atoms with E-state index < -0.39 is 0 Å². The van der Waals surface area contributed by atoms with Crippen LogP contribution in [-0.2, 0) is 23.0 Å². The maximum Gasteiger partial charge on any atom is 0.341 e. The molecule has 0 saturated carbocycles. The van der Waals surface area contributed by atoms with E-state index in [1.807, 2.05) is 0 Å². The van der Waals surface area contributed by atoms with Crippen LogP contribution in [0.5, 0.6) is 0 Å². The molecule has 0 unspecified atom stereocenters. The Morgan fingerprint density at radius 1 is 1.67 bits per heavy atom. The fourth-order valence-electron chi connectivity index (χ4n) is 1.33. The van der Waals surface area contributed by atoms with E-state index in [1.54, 1.807) is 18.7 Å². The summed E-state index contributed by atoms with van der Waals surface area (Å²) in [6.45, 7) is 2.08. The van der Waals surface area contributed by atoms with E-state index in [2.05, 4.69) is 5.10 Å². The van der Waals surface area contributed by atoms with Gasteiger partial charge in [0, 0.05) is 13.5 Å². The first kappa shape index (κ1) is 11.4. The first-order chi connectivity index (χ1) is 7.20. The van der Waals surface area contributed by atoms with E-state index in [0.717, 1.165) is 12.0 Å². The Morgan fingerprint density at radius 2 is 2.40 bits per heavy atom. The fourth-order valence-corrected chi connectivity index (χ4v) is 1.33. The molecule has 0 saturated heterocycles. The number of ether oxygens (including phenoxy) is 1. The van der Waals surface area contributed by atoms with Crippen LogP contribution in [0.25, 0.3) is 0 Å². The van der Waals surface area contributed by atoms with E-state index in [1.165, 1.54) is 6.20 Å². The van der Waals surface area contributed by atoms with Gasteiger partial charge in [0.15, 0.2) is 0 Å². The molecule has 15 heavy (non-hydrogen) atoms. The fraction of sp³-hybridized carbons (Fsp3) is 0.500. The van der Waals surface area contributed by atoms with Crippen molar-refractivity contribution in [1.29, 1.82) is 0 Å². The third-order valence-electron chi connectivity index (χ3n) is 2.06. The van der Waals surface area contributed by atoms with Gasteiger partial charge in [-0.2, -0.15) is 5.10 Å². The van der Waals surface area contributed by atoms with Gasteiger partial charge in [0.05, 0.1) is 18.5 Å². The maximum atomic E-state index is 11.5. The molecule has 0 atom stereocenters. The molecule has 5 nitrogen and oxygen atoms in total. The number of nitrogens with zero attached hydrogens (tertiary/aromatic N) is 2. The molecule has 0 fully saturated rings. The van der Waals surface area contributed by atoms with E-state index in [-0.39, 0.29) is 5.97 Å². The number of esters is 1. The van der Waals surface area contributed by atoms with Crippen LogP contribution >= 0.6 is 0 Å². The van der Waals surface area contributed by atoms with Crippen molar-refractivity contribution in [3.05, 3.63) is 17.5 Å². The molecule has 0 amide bonds. The molecule has 1 aromatic rings. The predicted octanol–water partition coefficient (Wildman–Crippen LogP) is 0.728. The van der Waals surface area contributed by atoms with Crippen molar-refractivity contribution < 1.29 is 14.3 Å². The Hall–Kier alpha value is -1.65. The number of rotatable bonds is 5. The molecule has 0 aliphatic rings. The summed E-state index contributed by atoms with van der Waals surface area (Å²) in [6, 6.07) is 0. The molecule has 0 radical (unpaired) electrons. The Morgan fingerprint density at radius 3 is 3.00 bits per heavy atom. The molecule has 1 rings (SSSR count). The topological polar surface area (TPSA) is 61.2 Å². The van der Waals surface area contributed by atoms with Crippen molar-refractivity contribution in [1.82, 2.24) is 9.78 Å². The lowest BCUT2D eigenvalue weighted by Gasteiger charge is -2.03. The first-order valence-corrected chi connectivity index (χ1v) is 4.82. The summed E-state index contributed by atoms with van der Waals surface area (Å²) < 4.78 is 6.47. The normalized spacial score (nSPS) is 10.0. The van der Waals surface area contributed by atoms with Crippen molar-refractivity contribution in [3.8, 4) is 0 Å². The maximum absolute atomic E-state index is 11.5. The van der Waals surface area contributed by atoms with Crippen molar-refractivity contribution in [2.75, 3.05) is 6.61 Å². The van der Waals surface area contributed by atoms with Gasteiger partial charge in [-0.3, -0.25) is 4.68 Å². The quantitative estimate of drug-likeness (QED) is 0.531. The summed E-state index contributed by atoms with van der Waals surface area (Å²) in [7, 11) is 1.74. The number of carbonyl (C=O) groups is 2. The monoisotopic (exact) mass is 210 g/mol. The van der Waals surface area contributed by atoms with Crippen molar-refractivity contribution >= 4 is 12.3 Å². The molecule has 0 aliphatic heterocycles. The van der Waals surface area contributed by atoms with Crippen LogP contribution in [0.15, 0.2) is 6.20 Å². The summed E-state index contributed by atoms with van der Waals surface area (Å²) in [6.07, 6.45) is 3.18. The van der Waals surface area contributed by atoms with Gasteiger partial charge in [0.25, 0.3) is 0 Å². The van der Waals surface area contributed by atoms with E-state index in [4.69, 9.17) is 4.74 Å². The number of hydrogen-bond acceptors (Lipinski definition) is 4. The van der Waals surface area contributed by atoms with Crippen molar-refractivity contribution in [3.63, 3.8) is 0 Å². The van der Waals surface area contributed by atoms with E-state index in [0.29, 0.717) is 25.0 Å². The number of carbonyl (C=O) groups excluding carboxylic acids is 2. The molecule has 5 heteroatoms. The molecule has 82 valence electrons. The predicted molar refractivity (Wildman–Crippen MR) is 53.5 cm³/mol. The number of aldehydes is 1. The van der Waals surface area contributed by atoms with Crippen LogP contribution in [0.1, 0.15) is 29.4 Å². The molecule has 1 aromatic heterocycles. The number of hydrogen-bond donors (Lipinski definition) is 0. The van der Waals surface area contributed by atoms with Gasteiger partial charge in [-0.15, -0.1) is 0 Å². The molecule has 0 N–H and O–H groups in total. The average molecular weight is 210 g/mol. The highest BCUT2D eigenvalue weighted by Gasteiger charge is 2.16. The van der Waals surface area contributed by atoms with Crippen LogP contribution in [0.3, 0.4) is 0 Å². The average Bonchev–Trinajstić information content (AvgIpc) is 2.57. The minimum absolute atomic E-state index is 0.334. The zero-order valence-electron chi connectivity index (χ0n) is 8.90. The van der Waals surface area contributed by atoms with E-state index in [9.17, 15) is 9.59 Å². The lowest BCUT2D eigenvalue weighted by Crippen LogP contribution is -2.09. The lowest BCUT2D eigenvalue weighted by atomic mass is 10.1. The molecule has 0 bridgehead atoms. The van der Waals surface area contributed by atoms with Gasteiger partial charge < -0.3 is 9.53 Å². The summed E-state index contributed by atoms with van der Waals surface area (Å²) >= 11 is 0. The Kier molecular flexibility index (Phi) is 4.03. The van der Waals surface area contributed by atoms with Crippen molar-refractivity contribution in [2.45, 2.75) is 19.8 Å². The second kappa shape index (κ2) is 5.29. The summed E-state index contributed by atoms with van der Waals surface area (Å²) in [5.41, 5.74) is 1.18. The Balaban J connectivity index is 2.87. The van der Waals surface area contributed by atoms with Gasteiger partial charge >= 0.3 is 5.97 Å². The van der Waals surface area contributed by atoms with Gasteiger partial charge in [0.1, 0.15) is 11.8 Å². The zero-order valence-corrected chi connectivity index (χ0v) is 8.90. The summed E-state index contributed by atoms with van der Waals surface area (Å²) in [5.74, 6) is -0.383. The Bertz CT molecular complexity index is 358. The smallest absolute Gasteiger partial charge is 0.341 e. The molecular weight excluding hydrogens is 196 g/mol. The highest BCUT2D eigenvalue weighted by Crippen LogP contribution is 2.11. The molecule has 0 spiro atoms. The molecule has 1 heterocycles. The van der Waals surface area contributed by atoms with Crippen LogP contribution in [-0.4, -0.2) is 28.6 Å². The number of aromatic nitrogens is 2. The number of aryl methyl sites for hydroxylation is 1. The van der Waals surface area contributed by atoms with Gasteiger partial charge in [-0.05, 0) is 13.3 Å². The summed E-state index contributed by atoms with van der Waals surface area (Å²) in [4.78, 5) is 21.8. The molecule has 0 aliphatic carbocycles. The van der Waals surface area contributed by atoms with Crippen LogP contribution < -0.4 is 0 Å². The summed E-state index contributed by atoms with van der Waals surface area (Å²) in [5, 5.41) is 3.97. The highest BCUT2D eigenvalue weighted by atomic mass is 16.5. The standard InChI is InChI=1S/C10H14N2O3/c1-3-15-10(14)8-7-11-12(2)9(8)5-4-6-13/h6-7H,3-5H2,1-2H3. The molecular formula is C10H14N2O3. The third-order valence-corrected chi connectivity index (χ3v) is 2.06. The van der Waals surface area contributed by atoms with Crippen LogP contribution in [0.4, 0.5) is 0 Å². The second-order valence-corrected chi connectivity index (χ2v) is 3.05. The minimum Gasteiger partial charge on any atom is -0.462 e. The van der Waals surface area contributed by atoms with E-state index >= 15 is 0 Å². The minimum atomic E-state index is -0.383. The first-order valence-electron chi connectivity index (χ1n) is 4.82.